The number of halogens is 1. The molecule has 0 aliphatic heterocycles. The van der Waals surface area contributed by atoms with Gasteiger partial charge in [0.1, 0.15) is 11.5 Å². The summed E-state index contributed by atoms with van der Waals surface area (Å²) < 4.78 is 12.2. The first-order chi connectivity index (χ1) is 12.0. The monoisotopic (exact) mass is 405 g/mol. The van der Waals surface area contributed by atoms with E-state index in [1.807, 2.05) is 42.5 Å². The molecule has 1 N–H and O–H groups in total. The van der Waals surface area contributed by atoms with Crippen LogP contribution in [0.5, 0.6) is 11.5 Å². The molecular weight excluding hydrogens is 382 g/mol. The van der Waals surface area contributed by atoms with E-state index in [0.29, 0.717) is 12.5 Å². The molecule has 0 saturated carbocycles. The molecule has 134 valence electrons. The molecular formula is C20H24BrNO3. The molecule has 0 aliphatic carbocycles. The van der Waals surface area contributed by atoms with Crippen molar-refractivity contribution in [3.05, 3.63) is 52.5 Å². The van der Waals surface area contributed by atoms with E-state index < -0.39 is 0 Å². The van der Waals surface area contributed by atoms with E-state index in [-0.39, 0.29) is 12.5 Å². The van der Waals surface area contributed by atoms with Gasteiger partial charge >= 0.3 is 0 Å². The Morgan fingerprint density at radius 1 is 1.12 bits per heavy atom. The molecule has 0 atom stereocenters. The third-order valence-corrected chi connectivity index (χ3v) is 4.06. The predicted octanol–water partition coefficient (Wildman–Crippen LogP) is 5.38. The van der Waals surface area contributed by atoms with Crippen molar-refractivity contribution in [1.29, 1.82) is 0 Å². The maximum Gasteiger partial charge on any atom is 0.262 e. The number of amides is 1. The second-order valence-electron chi connectivity index (χ2n) is 6.05. The minimum Gasteiger partial charge on any atom is -0.494 e. The van der Waals surface area contributed by atoms with Crippen LogP contribution in [0.25, 0.3) is 0 Å². The summed E-state index contributed by atoms with van der Waals surface area (Å²) in [7, 11) is 0. The van der Waals surface area contributed by atoms with Crippen molar-refractivity contribution >= 4 is 27.5 Å². The molecule has 4 nitrogen and oxygen atoms in total. The molecule has 0 spiro atoms. The quantitative estimate of drug-likeness (QED) is 0.641. The highest BCUT2D eigenvalue weighted by Gasteiger charge is 2.11. The minimum absolute atomic E-state index is 0.0323. The number of carbonyl (C=O) groups is 1. The van der Waals surface area contributed by atoms with Crippen molar-refractivity contribution in [3.63, 3.8) is 0 Å². The average Bonchev–Trinajstić information content (AvgIpc) is 2.60. The zero-order valence-corrected chi connectivity index (χ0v) is 16.4. The van der Waals surface area contributed by atoms with Crippen LogP contribution in [0, 0.1) is 0 Å². The summed E-state index contributed by atoms with van der Waals surface area (Å²) in [5, 5.41) is 2.83. The molecule has 0 aliphatic rings. The van der Waals surface area contributed by atoms with Gasteiger partial charge in [0.25, 0.3) is 5.91 Å². The number of carbonyl (C=O) groups excluding carboxylic acids is 1. The Balaban J connectivity index is 1.91. The van der Waals surface area contributed by atoms with E-state index in [2.05, 4.69) is 42.0 Å². The van der Waals surface area contributed by atoms with Crippen molar-refractivity contribution in [2.45, 2.75) is 33.1 Å². The van der Waals surface area contributed by atoms with Gasteiger partial charge in [-0.05, 0) is 60.4 Å². The zero-order chi connectivity index (χ0) is 18.2. The number of hydrogen-bond donors (Lipinski definition) is 1. The maximum absolute atomic E-state index is 12.1. The first-order valence-corrected chi connectivity index (χ1v) is 9.24. The van der Waals surface area contributed by atoms with Crippen molar-refractivity contribution in [2.75, 3.05) is 18.5 Å². The molecule has 1 amide bonds. The van der Waals surface area contributed by atoms with E-state index >= 15 is 0 Å². The Bertz CT molecular complexity index is 699. The third-order valence-electron chi connectivity index (χ3n) is 3.56. The summed E-state index contributed by atoms with van der Waals surface area (Å²) in [6.45, 7) is 6.90. The highest BCUT2D eigenvalue weighted by molar-refractivity contribution is 9.10. The molecule has 25 heavy (non-hydrogen) atoms. The van der Waals surface area contributed by atoms with Gasteiger partial charge in [0.2, 0.25) is 0 Å². The fourth-order valence-electron chi connectivity index (χ4n) is 2.30. The first kappa shape index (κ1) is 19.3. The topological polar surface area (TPSA) is 47.6 Å². The molecule has 0 heterocycles. The Hall–Kier alpha value is -2.01. The number of rotatable bonds is 8. The van der Waals surface area contributed by atoms with Gasteiger partial charge in [0, 0.05) is 10.2 Å². The van der Waals surface area contributed by atoms with Crippen molar-refractivity contribution in [3.8, 4) is 11.5 Å². The molecule has 5 heteroatoms. The number of benzene rings is 2. The highest BCUT2D eigenvalue weighted by atomic mass is 79.9. The second-order valence-corrected chi connectivity index (χ2v) is 6.96. The Labute approximate surface area is 157 Å². The maximum atomic E-state index is 12.1. The molecule has 0 unspecified atom stereocenters. The van der Waals surface area contributed by atoms with Crippen LogP contribution in [0.2, 0.25) is 0 Å². The normalized spacial score (nSPS) is 10.6. The lowest BCUT2D eigenvalue weighted by molar-refractivity contribution is -0.118. The van der Waals surface area contributed by atoms with E-state index in [4.69, 9.17) is 9.47 Å². The Morgan fingerprint density at radius 3 is 2.48 bits per heavy atom. The van der Waals surface area contributed by atoms with Gasteiger partial charge in [-0.1, -0.05) is 36.7 Å². The van der Waals surface area contributed by atoms with Crippen LogP contribution in [-0.4, -0.2) is 19.1 Å². The van der Waals surface area contributed by atoms with E-state index in [1.165, 1.54) is 0 Å². The van der Waals surface area contributed by atoms with Crippen LogP contribution in [0.3, 0.4) is 0 Å². The summed E-state index contributed by atoms with van der Waals surface area (Å²) in [4.78, 5) is 12.1. The number of hydrogen-bond acceptors (Lipinski definition) is 3. The summed E-state index contributed by atoms with van der Waals surface area (Å²) in [5.74, 6) is 1.65. The van der Waals surface area contributed by atoms with Crippen molar-refractivity contribution < 1.29 is 14.3 Å². The lowest BCUT2D eigenvalue weighted by Crippen LogP contribution is -2.20. The lowest BCUT2D eigenvalue weighted by Gasteiger charge is -2.14. The summed E-state index contributed by atoms with van der Waals surface area (Å²) >= 11 is 3.47. The number of ether oxygens (including phenoxy) is 2. The first-order valence-electron chi connectivity index (χ1n) is 8.44. The van der Waals surface area contributed by atoms with E-state index in [1.54, 1.807) is 0 Å². The highest BCUT2D eigenvalue weighted by Crippen LogP contribution is 2.29. The number of anilines is 1. The Morgan fingerprint density at radius 2 is 1.84 bits per heavy atom. The largest absolute Gasteiger partial charge is 0.494 e. The van der Waals surface area contributed by atoms with Gasteiger partial charge in [-0.3, -0.25) is 4.79 Å². The van der Waals surface area contributed by atoms with Gasteiger partial charge in [-0.25, -0.2) is 0 Å². The van der Waals surface area contributed by atoms with Crippen LogP contribution < -0.4 is 14.8 Å². The molecule has 0 radical (unpaired) electrons. The molecule has 2 aromatic carbocycles. The Kier molecular flexibility index (Phi) is 7.31. The van der Waals surface area contributed by atoms with E-state index in [9.17, 15) is 4.79 Å². The van der Waals surface area contributed by atoms with Gasteiger partial charge in [-0.15, -0.1) is 0 Å². The van der Waals surface area contributed by atoms with Crippen LogP contribution in [0.15, 0.2) is 46.9 Å². The van der Waals surface area contributed by atoms with Gasteiger partial charge in [0.05, 0.1) is 6.61 Å². The third kappa shape index (κ3) is 6.09. The molecule has 2 aromatic rings. The summed E-state index contributed by atoms with van der Waals surface area (Å²) in [6, 6.07) is 13.1. The van der Waals surface area contributed by atoms with Crippen LogP contribution in [0.4, 0.5) is 5.69 Å². The molecule has 0 aromatic heterocycles. The molecule has 2 rings (SSSR count). The van der Waals surface area contributed by atoms with Crippen LogP contribution >= 0.6 is 15.9 Å². The SMILES string of the molecule is CCCOc1ccc(NC(=O)COc2ccc(Br)cc2C(C)C)cc1. The van der Waals surface area contributed by atoms with Crippen molar-refractivity contribution in [2.24, 2.45) is 0 Å². The van der Waals surface area contributed by atoms with Crippen LogP contribution in [0.1, 0.15) is 38.7 Å². The molecule has 0 saturated heterocycles. The van der Waals surface area contributed by atoms with E-state index in [0.717, 1.165) is 33.6 Å². The molecule has 0 fully saturated rings. The van der Waals surface area contributed by atoms with Crippen LogP contribution in [-0.2, 0) is 4.79 Å². The van der Waals surface area contributed by atoms with Gasteiger partial charge in [0.15, 0.2) is 6.61 Å². The van der Waals surface area contributed by atoms with Gasteiger partial charge < -0.3 is 14.8 Å². The van der Waals surface area contributed by atoms with Gasteiger partial charge in [-0.2, -0.15) is 0 Å². The fraction of sp³-hybridized carbons (Fsp3) is 0.350. The predicted molar refractivity (Wildman–Crippen MR) is 105 cm³/mol. The molecule has 0 bridgehead atoms. The smallest absolute Gasteiger partial charge is 0.262 e. The zero-order valence-electron chi connectivity index (χ0n) is 14.8. The standard InChI is InChI=1S/C20H24BrNO3/c1-4-11-24-17-8-6-16(7-9-17)22-20(23)13-25-19-10-5-15(21)12-18(19)14(2)3/h5-10,12,14H,4,11,13H2,1-3H3,(H,22,23). The summed E-state index contributed by atoms with van der Waals surface area (Å²) in [5.41, 5.74) is 1.79. The number of nitrogens with one attached hydrogen (secondary N) is 1. The minimum atomic E-state index is -0.195. The summed E-state index contributed by atoms with van der Waals surface area (Å²) in [6.07, 6.45) is 0.963. The fourth-order valence-corrected chi connectivity index (χ4v) is 2.68. The lowest BCUT2D eigenvalue weighted by atomic mass is 10.0. The van der Waals surface area contributed by atoms with Crippen molar-refractivity contribution in [1.82, 2.24) is 0 Å². The average molecular weight is 406 g/mol. The second kappa shape index (κ2) is 9.47.